The van der Waals surface area contributed by atoms with Crippen molar-refractivity contribution in [2.75, 3.05) is 0 Å². The number of thiazole rings is 1. The quantitative estimate of drug-likeness (QED) is 0.854. The predicted molar refractivity (Wildman–Crippen MR) is 66.1 cm³/mol. The van der Waals surface area contributed by atoms with Crippen LogP contribution in [0.4, 0.5) is 0 Å². The molecule has 0 saturated heterocycles. The van der Waals surface area contributed by atoms with E-state index in [9.17, 15) is 0 Å². The minimum atomic E-state index is 0.299. The van der Waals surface area contributed by atoms with Gasteiger partial charge in [0.05, 0.1) is 10.7 Å². The second-order valence-corrected chi connectivity index (χ2v) is 5.49. The molecule has 6 heteroatoms. The lowest BCUT2D eigenvalue weighted by atomic mass is 10.1. The summed E-state index contributed by atoms with van der Waals surface area (Å²) in [5.41, 5.74) is 0.950. The lowest BCUT2D eigenvalue weighted by Gasteiger charge is -1.97. The number of hydrogen-bond acceptors (Lipinski definition) is 5. The highest BCUT2D eigenvalue weighted by molar-refractivity contribution is 7.71. The molecule has 0 radical (unpaired) electrons. The number of H-pyrrole nitrogens is 1. The Labute approximate surface area is 103 Å². The second-order valence-electron chi connectivity index (χ2n) is 4.04. The normalized spacial score (nSPS) is 11.2. The standard InChI is InChI=1S/C10H13N3OS2/c1-5(2)4-7-11-6(3)8(16-7)9-12-13-10(15)14-9/h5H,4H2,1-3H3,(H,13,15). The number of nitrogens with one attached hydrogen (secondary N) is 1. The monoisotopic (exact) mass is 255 g/mol. The van der Waals surface area contributed by atoms with Gasteiger partial charge in [0.15, 0.2) is 0 Å². The van der Waals surface area contributed by atoms with Gasteiger partial charge in [0.1, 0.15) is 4.88 Å². The van der Waals surface area contributed by atoms with Crippen molar-refractivity contribution in [1.29, 1.82) is 0 Å². The molecule has 0 unspecified atom stereocenters. The number of hydrogen-bond donors (Lipinski definition) is 1. The maximum Gasteiger partial charge on any atom is 0.284 e. The molecule has 16 heavy (non-hydrogen) atoms. The molecule has 0 amide bonds. The first-order valence-corrected chi connectivity index (χ1v) is 6.31. The Morgan fingerprint density at radius 3 is 2.81 bits per heavy atom. The summed E-state index contributed by atoms with van der Waals surface area (Å²) >= 11 is 6.47. The van der Waals surface area contributed by atoms with E-state index < -0.39 is 0 Å². The Morgan fingerprint density at radius 2 is 2.25 bits per heavy atom. The lowest BCUT2D eigenvalue weighted by Crippen LogP contribution is -1.92. The molecule has 2 aromatic heterocycles. The van der Waals surface area contributed by atoms with E-state index >= 15 is 0 Å². The Kier molecular flexibility index (Phi) is 3.20. The van der Waals surface area contributed by atoms with Gasteiger partial charge < -0.3 is 4.42 Å². The first-order chi connectivity index (χ1) is 7.56. The third-order valence-corrected chi connectivity index (χ3v) is 3.40. The van der Waals surface area contributed by atoms with Crippen LogP contribution in [-0.2, 0) is 6.42 Å². The first kappa shape index (κ1) is 11.5. The number of aromatic nitrogens is 3. The van der Waals surface area contributed by atoms with E-state index in [1.165, 1.54) is 0 Å². The van der Waals surface area contributed by atoms with Crippen molar-refractivity contribution in [1.82, 2.24) is 15.2 Å². The van der Waals surface area contributed by atoms with Gasteiger partial charge >= 0.3 is 0 Å². The molecular formula is C10H13N3OS2. The van der Waals surface area contributed by atoms with Crippen LogP contribution in [0.5, 0.6) is 0 Å². The van der Waals surface area contributed by atoms with Crippen molar-refractivity contribution in [3.8, 4) is 10.8 Å². The van der Waals surface area contributed by atoms with E-state index in [1.54, 1.807) is 11.3 Å². The molecule has 0 spiro atoms. The zero-order valence-electron chi connectivity index (χ0n) is 9.40. The predicted octanol–water partition coefficient (Wildman–Crippen LogP) is 3.36. The molecule has 2 heterocycles. The molecule has 0 atom stereocenters. The van der Waals surface area contributed by atoms with Crippen molar-refractivity contribution in [3.63, 3.8) is 0 Å². The third-order valence-electron chi connectivity index (χ3n) is 2.06. The minimum absolute atomic E-state index is 0.299. The Balaban J connectivity index is 2.35. The van der Waals surface area contributed by atoms with Crippen LogP contribution < -0.4 is 0 Å². The van der Waals surface area contributed by atoms with E-state index in [0.29, 0.717) is 16.6 Å². The summed E-state index contributed by atoms with van der Waals surface area (Å²) in [7, 11) is 0. The fraction of sp³-hybridized carbons (Fsp3) is 0.500. The fourth-order valence-corrected chi connectivity index (χ4v) is 2.74. The Morgan fingerprint density at radius 1 is 1.50 bits per heavy atom. The molecule has 2 aromatic rings. The van der Waals surface area contributed by atoms with Crippen molar-refractivity contribution in [2.24, 2.45) is 5.92 Å². The summed E-state index contributed by atoms with van der Waals surface area (Å²) in [4.78, 5) is 5.77. The largest absolute Gasteiger partial charge is 0.408 e. The van der Waals surface area contributed by atoms with Gasteiger partial charge in [0.2, 0.25) is 0 Å². The highest BCUT2D eigenvalue weighted by Gasteiger charge is 2.14. The summed E-state index contributed by atoms with van der Waals surface area (Å²) in [5.74, 6) is 1.14. The van der Waals surface area contributed by atoms with E-state index in [4.69, 9.17) is 16.6 Å². The average Bonchev–Trinajstić information content (AvgIpc) is 2.72. The molecule has 86 valence electrons. The summed E-state index contributed by atoms with van der Waals surface area (Å²) in [6.45, 7) is 6.32. The summed E-state index contributed by atoms with van der Waals surface area (Å²) < 4.78 is 5.29. The van der Waals surface area contributed by atoms with Crippen LogP contribution in [0.15, 0.2) is 4.42 Å². The maximum atomic E-state index is 5.29. The maximum absolute atomic E-state index is 5.29. The molecule has 0 fully saturated rings. The molecule has 0 aromatic carbocycles. The zero-order chi connectivity index (χ0) is 11.7. The highest BCUT2D eigenvalue weighted by atomic mass is 32.1. The van der Waals surface area contributed by atoms with Crippen LogP contribution in [0.3, 0.4) is 0 Å². The van der Waals surface area contributed by atoms with Crippen LogP contribution in [0.2, 0.25) is 0 Å². The topological polar surface area (TPSA) is 54.7 Å². The third kappa shape index (κ3) is 2.38. The van der Waals surface area contributed by atoms with Crippen molar-refractivity contribution in [2.45, 2.75) is 27.2 Å². The SMILES string of the molecule is Cc1nc(CC(C)C)sc1-c1n[nH]c(=S)o1. The molecule has 0 aliphatic rings. The molecule has 1 N–H and O–H groups in total. The van der Waals surface area contributed by atoms with E-state index in [2.05, 4.69) is 29.0 Å². The molecule has 0 saturated carbocycles. The van der Waals surface area contributed by atoms with E-state index in [-0.39, 0.29) is 0 Å². The molecule has 0 aliphatic carbocycles. The van der Waals surface area contributed by atoms with Gasteiger partial charge in [-0.05, 0) is 25.1 Å². The van der Waals surface area contributed by atoms with Crippen molar-refractivity contribution in [3.05, 3.63) is 15.5 Å². The second kappa shape index (κ2) is 4.47. The van der Waals surface area contributed by atoms with Crippen LogP contribution in [0, 0.1) is 17.7 Å². The molecule has 0 aliphatic heterocycles. The van der Waals surface area contributed by atoms with Crippen molar-refractivity contribution < 1.29 is 4.42 Å². The molecule has 0 bridgehead atoms. The number of nitrogens with zero attached hydrogens (tertiary/aromatic N) is 2. The summed E-state index contributed by atoms with van der Waals surface area (Å²) in [5, 5.41) is 7.75. The zero-order valence-corrected chi connectivity index (χ0v) is 11.0. The lowest BCUT2D eigenvalue weighted by molar-refractivity contribution is 0.553. The van der Waals surface area contributed by atoms with Gasteiger partial charge in [-0.1, -0.05) is 13.8 Å². The molecule has 4 nitrogen and oxygen atoms in total. The summed E-state index contributed by atoms with van der Waals surface area (Å²) in [6.07, 6.45) is 0.983. The number of aryl methyl sites for hydroxylation is 1. The fourth-order valence-electron chi connectivity index (χ4n) is 1.41. The Bertz CT molecular complexity index is 538. The highest BCUT2D eigenvalue weighted by Crippen LogP contribution is 2.29. The van der Waals surface area contributed by atoms with Crippen LogP contribution in [-0.4, -0.2) is 15.2 Å². The van der Waals surface area contributed by atoms with Crippen LogP contribution in [0.1, 0.15) is 24.5 Å². The van der Waals surface area contributed by atoms with Crippen LogP contribution in [0.25, 0.3) is 10.8 Å². The Hall–Kier alpha value is -1.01. The van der Waals surface area contributed by atoms with Gasteiger partial charge in [-0.3, -0.25) is 0 Å². The van der Waals surface area contributed by atoms with E-state index in [0.717, 1.165) is 22.0 Å². The number of aromatic amines is 1. The van der Waals surface area contributed by atoms with Crippen LogP contribution >= 0.6 is 23.6 Å². The minimum Gasteiger partial charge on any atom is -0.408 e. The molecule has 2 rings (SSSR count). The van der Waals surface area contributed by atoms with E-state index in [1.807, 2.05) is 6.92 Å². The average molecular weight is 255 g/mol. The van der Waals surface area contributed by atoms with Gasteiger partial charge in [-0.25, -0.2) is 10.1 Å². The smallest absolute Gasteiger partial charge is 0.284 e. The van der Waals surface area contributed by atoms with Crippen molar-refractivity contribution >= 4 is 23.6 Å². The van der Waals surface area contributed by atoms with Gasteiger partial charge in [0, 0.05) is 6.42 Å². The van der Waals surface area contributed by atoms with Gasteiger partial charge in [0.25, 0.3) is 10.7 Å². The van der Waals surface area contributed by atoms with Gasteiger partial charge in [-0.15, -0.1) is 16.4 Å². The number of rotatable bonds is 3. The van der Waals surface area contributed by atoms with Gasteiger partial charge in [-0.2, -0.15) is 0 Å². The summed E-state index contributed by atoms with van der Waals surface area (Å²) in [6, 6.07) is 0. The molecular weight excluding hydrogens is 242 g/mol. The first-order valence-electron chi connectivity index (χ1n) is 5.08.